The number of rotatable bonds is 6. The summed E-state index contributed by atoms with van der Waals surface area (Å²) in [6.07, 6.45) is 6.25. The summed E-state index contributed by atoms with van der Waals surface area (Å²) in [7, 11) is 1.71. The summed E-state index contributed by atoms with van der Waals surface area (Å²) in [6, 6.07) is 12.7. The standard InChI is InChI=1S/C24H30N4O/c1-4-28-13-10-25-24(28)17-27-11-8-19(9-12-27)23-16-21(14-18(2)26-23)20-6-5-7-22(15-20)29-3/h5-7,10,13-16,19H,4,8-9,11-12,17H2,1-3H3. The van der Waals surface area contributed by atoms with E-state index in [1.54, 1.807) is 7.11 Å². The summed E-state index contributed by atoms with van der Waals surface area (Å²) in [4.78, 5) is 11.9. The Labute approximate surface area is 173 Å². The van der Waals surface area contributed by atoms with Crippen molar-refractivity contribution in [3.05, 3.63) is 66.0 Å². The maximum atomic E-state index is 5.40. The molecule has 3 heterocycles. The minimum Gasteiger partial charge on any atom is -0.497 e. The van der Waals surface area contributed by atoms with Crippen LogP contribution < -0.4 is 4.74 Å². The van der Waals surface area contributed by atoms with Gasteiger partial charge in [-0.2, -0.15) is 0 Å². The van der Waals surface area contributed by atoms with Crippen LogP contribution in [0.25, 0.3) is 11.1 Å². The molecule has 0 spiro atoms. The van der Waals surface area contributed by atoms with Gasteiger partial charge in [0.1, 0.15) is 11.6 Å². The SMILES string of the molecule is CCn1ccnc1CN1CCC(c2cc(-c3cccc(OC)c3)cc(C)n2)CC1. The van der Waals surface area contributed by atoms with Crippen molar-refractivity contribution in [3.8, 4) is 16.9 Å². The summed E-state index contributed by atoms with van der Waals surface area (Å²) in [5.41, 5.74) is 4.70. The molecule has 0 radical (unpaired) electrons. The van der Waals surface area contributed by atoms with Gasteiger partial charge in [0.05, 0.1) is 13.7 Å². The number of aromatic nitrogens is 3. The number of benzene rings is 1. The Kier molecular flexibility index (Phi) is 5.95. The number of piperidine rings is 1. The Morgan fingerprint density at radius 3 is 2.69 bits per heavy atom. The highest BCUT2D eigenvalue weighted by Crippen LogP contribution is 2.31. The Balaban J connectivity index is 1.46. The summed E-state index contributed by atoms with van der Waals surface area (Å²) in [5.74, 6) is 2.57. The minimum atomic E-state index is 0.515. The molecule has 29 heavy (non-hydrogen) atoms. The first-order chi connectivity index (χ1) is 14.2. The first kappa shape index (κ1) is 19.6. The van der Waals surface area contributed by atoms with E-state index < -0.39 is 0 Å². The van der Waals surface area contributed by atoms with Gasteiger partial charge < -0.3 is 9.30 Å². The van der Waals surface area contributed by atoms with E-state index in [0.29, 0.717) is 5.92 Å². The number of likely N-dealkylation sites (tertiary alicyclic amines) is 1. The molecule has 1 saturated heterocycles. The van der Waals surface area contributed by atoms with Crippen LogP contribution in [0.4, 0.5) is 0 Å². The summed E-state index contributed by atoms with van der Waals surface area (Å²) >= 11 is 0. The molecular weight excluding hydrogens is 360 g/mol. The van der Waals surface area contributed by atoms with Crippen LogP contribution in [0.2, 0.25) is 0 Å². The zero-order valence-corrected chi connectivity index (χ0v) is 17.6. The molecule has 0 atom stereocenters. The van der Waals surface area contributed by atoms with Crippen molar-refractivity contribution in [2.24, 2.45) is 0 Å². The Morgan fingerprint density at radius 2 is 1.93 bits per heavy atom. The molecule has 0 aliphatic carbocycles. The molecule has 4 rings (SSSR count). The van der Waals surface area contributed by atoms with E-state index in [1.165, 1.54) is 22.6 Å². The summed E-state index contributed by atoms with van der Waals surface area (Å²) in [6.45, 7) is 8.35. The number of nitrogens with zero attached hydrogens (tertiary/aromatic N) is 4. The van der Waals surface area contributed by atoms with Crippen molar-refractivity contribution < 1.29 is 4.74 Å². The number of aryl methyl sites for hydroxylation is 2. The average molecular weight is 391 g/mol. The highest BCUT2D eigenvalue weighted by molar-refractivity contribution is 5.66. The minimum absolute atomic E-state index is 0.515. The van der Waals surface area contributed by atoms with Crippen molar-refractivity contribution in [3.63, 3.8) is 0 Å². The summed E-state index contributed by atoms with van der Waals surface area (Å²) in [5, 5.41) is 0. The lowest BCUT2D eigenvalue weighted by Crippen LogP contribution is -2.33. The van der Waals surface area contributed by atoms with Crippen molar-refractivity contribution in [1.82, 2.24) is 19.4 Å². The van der Waals surface area contributed by atoms with Gasteiger partial charge in [0.2, 0.25) is 0 Å². The third-order valence-corrected chi connectivity index (χ3v) is 5.89. The van der Waals surface area contributed by atoms with Crippen molar-refractivity contribution in [2.45, 2.75) is 45.7 Å². The predicted molar refractivity (Wildman–Crippen MR) is 116 cm³/mol. The van der Waals surface area contributed by atoms with E-state index in [4.69, 9.17) is 9.72 Å². The van der Waals surface area contributed by atoms with Gasteiger partial charge in [0.25, 0.3) is 0 Å². The molecule has 1 aromatic carbocycles. The van der Waals surface area contributed by atoms with Crippen LogP contribution in [0.1, 0.15) is 42.9 Å². The van der Waals surface area contributed by atoms with E-state index >= 15 is 0 Å². The quantitative estimate of drug-likeness (QED) is 0.614. The van der Waals surface area contributed by atoms with Crippen molar-refractivity contribution in [1.29, 1.82) is 0 Å². The molecule has 2 aromatic heterocycles. The molecule has 0 unspecified atom stereocenters. The Hall–Kier alpha value is -2.66. The summed E-state index contributed by atoms with van der Waals surface area (Å²) < 4.78 is 7.63. The van der Waals surface area contributed by atoms with E-state index in [9.17, 15) is 0 Å². The molecular formula is C24H30N4O. The fraction of sp³-hybridized carbons (Fsp3) is 0.417. The lowest BCUT2D eigenvalue weighted by atomic mass is 9.91. The van der Waals surface area contributed by atoms with Gasteiger partial charge in [-0.05, 0) is 75.2 Å². The normalized spacial score (nSPS) is 15.6. The first-order valence-electron chi connectivity index (χ1n) is 10.5. The van der Waals surface area contributed by atoms with Crippen LogP contribution in [0.5, 0.6) is 5.75 Å². The lowest BCUT2D eigenvalue weighted by molar-refractivity contribution is 0.196. The van der Waals surface area contributed by atoms with Gasteiger partial charge in [-0.3, -0.25) is 9.88 Å². The molecule has 0 amide bonds. The van der Waals surface area contributed by atoms with Crippen LogP contribution in [-0.4, -0.2) is 39.6 Å². The van der Waals surface area contributed by atoms with E-state index in [-0.39, 0.29) is 0 Å². The van der Waals surface area contributed by atoms with Gasteiger partial charge >= 0.3 is 0 Å². The lowest BCUT2D eigenvalue weighted by Gasteiger charge is -2.31. The van der Waals surface area contributed by atoms with Crippen LogP contribution >= 0.6 is 0 Å². The first-order valence-corrected chi connectivity index (χ1v) is 10.5. The molecule has 0 N–H and O–H groups in total. The van der Waals surface area contributed by atoms with Gasteiger partial charge in [-0.1, -0.05) is 12.1 Å². The molecule has 1 aliphatic heterocycles. The molecule has 152 valence electrons. The van der Waals surface area contributed by atoms with Gasteiger partial charge in [-0.15, -0.1) is 0 Å². The Bertz CT molecular complexity index is 957. The van der Waals surface area contributed by atoms with Crippen LogP contribution in [0, 0.1) is 6.92 Å². The fourth-order valence-electron chi connectivity index (χ4n) is 4.24. The zero-order chi connectivity index (χ0) is 20.2. The molecule has 3 aromatic rings. The molecule has 1 aliphatic rings. The largest absolute Gasteiger partial charge is 0.497 e. The Morgan fingerprint density at radius 1 is 1.10 bits per heavy atom. The third kappa shape index (κ3) is 4.51. The van der Waals surface area contributed by atoms with Crippen LogP contribution in [0.3, 0.4) is 0 Å². The number of pyridine rings is 1. The molecule has 1 fully saturated rings. The maximum absolute atomic E-state index is 5.40. The maximum Gasteiger partial charge on any atom is 0.122 e. The number of ether oxygens (including phenoxy) is 1. The number of hydrogen-bond donors (Lipinski definition) is 0. The number of methoxy groups -OCH3 is 1. The van der Waals surface area contributed by atoms with Gasteiger partial charge in [0.15, 0.2) is 0 Å². The van der Waals surface area contributed by atoms with Gasteiger partial charge in [0, 0.05) is 36.2 Å². The highest BCUT2D eigenvalue weighted by atomic mass is 16.5. The van der Waals surface area contributed by atoms with Crippen molar-refractivity contribution in [2.75, 3.05) is 20.2 Å². The zero-order valence-electron chi connectivity index (χ0n) is 17.6. The molecule has 5 nitrogen and oxygen atoms in total. The molecule has 0 saturated carbocycles. The molecule has 5 heteroatoms. The number of imidazole rings is 1. The smallest absolute Gasteiger partial charge is 0.122 e. The van der Waals surface area contributed by atoms with E-state index in [1.807, 2.05) is 18.3 Å². The van der Waals surface area contributed by atoms with Crippen LogP contribution in [0.15, 0.2) is 48.8 Å². The second kappa shape index (κ2) is 8.78. The monoisotopic (exact) mass is 390 g/mol. The van der Waals surface area contributed by atoms with E-state index in [0.717, 1.165) is 50.5 Å². The topological polar surface area (TPSA) is 43.2 Å². The second-order valence-electron chi connectivity index (χ2n) is 7.83. The fourth-order valence-corrected chi connectivity index (χ4v) is 4.24. The highest BCUT2D eigenvalue weighted by Gasteiger charge is 2.23. The van der Waals surface area contributed by atoms with Gasteiger partial charge in [-0.25, -0.2) is 4.98 Å². The number of hydrogen-bond acceptors (Lipinski definition) is 4. The van der Waals surface area contributed by atoms with Crippen molar-refractivity contribution >= 4 is 0 Å². The second-order valence-corrected chi connectivity index (χ2v) is 7.83. The predicted octanol–water partition coefficient (Wildman–Crippen LogP) is 4.66. The average Bonchev–Trinajstić information content (AvgIpc) is 3.21. The van der Waals surface area contributed by atoms with Crippen LogP contribution in [-0.2, 0) is 13.1 Å². The van der Waals surface area contributed by atoms with E-state index in [2.05, 4.69) is 58.8 Å². The molecule has 0 bridgehead atoms. The third-order valence-electron chi connectivity index (χ3n) is 5.89.